The molecule has 0 aliphatic rings. The van der Waals surface area contributed by atoms with Gasteiger partial charge < -0.3 is 10.1 Å². The van der Waals surface area contributed by atoms with Gasteiger partial charge in [-0.2, -0.15) is 0 Å². The van der Waals surface area contributed by atoms with Gasteiger partial charge in [0, 0.05) is 11.6 Å². The summed E-state index contributed by atoms with van der Waals surface area (Å²) in [4.78, 5) is 11.7. The van der Waals surface area contributed by atoms with Crippen molar-refractivity contribution in [3.63, 3.8) is 0 Å². The van der Waals surface area contributed by atoms with E-state index in [2.05, 4.69) is 12.1 Å². The predicted molar refractivity (Wildman–Crippen MR) is 68.3 cm³/mol. The Morgan fingerprint density at radius 3 is 2.76 bits per heavy atom. The van der Waals surface area contributed by atoms with Gasteiger partial charge >= 0.3 is 0 Å². The van der Waals surface area contributed by atoms with Gasteiger partial charge in [-0.3, -0.25) is 4.79 Å². The summed E-state index contributed by atoms with van der Waals surface area (Å²) in [6, 6.07) is 13.9. The van der Waals surface area contributed by atoms with E-state index in [4.69, 9.17) is 5.73 Å². The van der Waals surface area contributed by atoms with Gasteiger partial charge in [-0.05, 0) is 23.6 Å². The molecule has 2 heterocycles. The molecule has 0 saturated carbocycles. The van der Waals surface area contributed by atoms with Crippen LogP contribution in [0, 0.1) is 0 Å². The van der Waals surface area contributed by atoms with Gasteiger partial charge in [0.05, 0.1) is 17.8 Å². The molecule has 17 heavy (non-hydrogen) atoms. The zero-order valence-electron chi connectivity index (χ0n) is 9.26. The smallest absolute Gasteiger partial charge is 0.193 e. The van der Waals surface area contributed by atoms with Crippen LogP contribution in [0.15, 0.2) is 48.7 Å². The highest BCUT2D eigenvalue weighted by atomic mass is 16.1. The number of carbonyl (C=O) groups is 1. The lowest BCUT2D eigenvalue weighted by Crippen LogP contribution is -2.15. The third-order valence-electron chi connectivity index (χ3n) is 3.03. The highest BCUT2D eigenvalue weighted by Gasteiger charge is 2.10. The molecular formula is C14H12N2O. The molecule has 0 amide bonds. The lowest BCUT2D eigenvalue weighted by Gasteiger charge is -2.04. The van der Waals surface area contributed by atoms with Gasteiger partial charge in [-0.1, -0.05) is 24.3 Å². The van der Waals surface area contributed by atoms with Crippen molar-refractivity contribution in [3.8, 4) is 0 Å². The van der Waals surface area contributed by atoms with E-state index in [0.29, 0.717) is 5.69 Å². The van der Waals surface area contributed by atoms with E-state index in [1.54, 1.807) is 0 Å². The molecule has 84 valence electrons. The van der Waals surface area contributed by atoms with Crippen molar-refractivity contribution in [2.75, 3.05) is 6.54 Å². The zero-order valence-corrected chi connectivity index (χ0v) is 9.26. The van der Waals surface area contributed by atoms with E-state index < -0.39 is 0 Å². The minimum absolute atomic E-state index is 0.0406. The van der Waals surface area contributed by atoms with Crippen LogP contribution in [-0.2, 0) is 0 Å². The first-order valence-corrected chi connectivity index (χ1v) is 5.53. The van der Waals surface area contributed by atoms with E-state index in [0.717, 1.165) is 10.9 Å². The normalized spacial score (nSPS) is 11.1. The highest BCUT2D eigenvalue weighted by Crippen LogP contribution is 2.22. The molecule has 2 aromatic heterocycles. The monoisotopic (exact) mass is 224 g/mol. The van der Waals surface area contributed by atoms with Crippen molar-refractivity contribution in [1.82, 2.24) is 4.40 Å². The Balaban J connectivity index is 2.39. The number of hydrogen-bond donors (Lipinski definition) is 1. The Hall–Kier alpha value is -2.13. The maximum atomic E-state index is 11.7. The number of aromatic nitrogens is 1. The molecule has 0 spiro atoms. The fraction of sp³-hybridized carbons (Fsp3) is 0.0714. The van der Waals surface area contributed by atoms with Crippen LogP contribution in [0.5, 0.6) is 0 Å². The van der Waals surface area contributed by atoms with E-state index in [1.807, 2.05) is 40.9 Å². The number of nitrogens with zero attached hydrogens (tertiary/aromatic N) is 1. The van der Waals surface area contributed by atoms with Crippen LogP contribution in [0.25, 0.3) is 16.3 Å². The van der Waals surface area contributed by atoms with E-state index in [9.17, 15) is 4.79 Å². The second-order valence-electron chi connectivity index (χ2n) is 4.00. The zero-order chi connectivity index (χ0) is 11.8. The number of carbonyl (C=O) groups excluding carboxylic acids is 1. The third kappa shape index (κ3) is 1.44. The largest absolute Gasteiger partial charge is 0.324 e. The molecule has 3 rings (SSSR count). The lowest BCUT2D eigenvalue weighted by molar-refractivity contribution is 0.0996. The second kappa shape index (κ2) is 3.71. The average Bonchev–Trinajstić information content (AvgIpc) is 2.82. The van der Waals surface area contributed by atoms with Crippen LogP contribution in [0.3, 0.4) is 0 Å². The Kier molecular flexibility index (Phi) is 2.20. The maximum Gasteiger partial charge on any atom is 0.193 e. The number of Topliss-reactive ketones (excluding diaryl/α,β-unsaturated/α-hetero) is 1. The van der Waals surface area contributed by atoms with Crippen molar-refractivity contribution in [1.29, 1.82) is 0 Å². The molecule has 0 aliphatic carbocycles. The van der Waals surface area contributed by atoms with Gasteiger partial charge in [-0.25, -0.2) is 0 Å². The Labute approximate surface area is 98.5 Å². The number of rotatable bonds is 2. The van der Waals surface area contributed by atoms with Crippen LogP contribution < -0.4 is 5.73 Å². The molecule has 3 nitrogen and oxygen atoms in total. The van der Waals surface area contributed by atoms with Gasteiger partial charge in [-0.15, -0.1) is 0 Å². The molecule has 0 radical (unpaired) electrons. The summed E-state index contributed by atoms with van der Waals surface area (Å²) in [6.07, 6.45) is 1.92. The van der Waals surface area contributed by atoms with E-state index in [-0.39, 0.29) is 12.3 Å². The van der Waals surface area contributed by atoms with Crippen LogP contribution in [0.4, 0.5) is 0 Å². The fourth-order valence-electron chi connectivity index (χ4n) is 2.19. The Morgan fingerprint density at radius 2 is 1.94 bits per heavy atom. The molecular weight excluding hydrogens is 212 g/mol. The first-order valence-electron chi connectivity index (χ1n) is 5.53. The summed E-state index contributed by atoms with van der Waals surface area (Å²) in [5.74, 6) is -0.0414. The fourth-order valence-corrected chi connectivity index (χ4v) is 2.19. The number of ketones is 1. The Bertz CT molecular complexity index is 712. The average molecular weight is 224 g/mol. The van der Waals surface area contributed by atoms with Gasteiger partial charge in [0.15, 0.2) is 5.78 Å². The van der Waals surface area contributed by atoms with Gasteiger partial charge in [0.1, 0.15) is 0 Å². The van der Waals surface area contributed by atoms with Crippen molar-refractivity contribution in [3.05, 3.63) is 54.4 Å². The molecule has 0 aliphatic heterocycles. The Morgan fingerprint density at radius 1 is 1.12 bits per heavy atom. The minimum Gasteiger partial charge on any atom is -0.324 e. The summed E-state index contributed by atoms with van der Waals surface area (Å²) >= 11 is 0. The quantitative estimate of drug-likeness (QED) is 0.678. The number of pyridine rings is 1. The van der Waals surface area contributed by atoms with E-state index in [1.165, 1.54) is 5.39 Å². The molecule has 0 fully saturated rings. The van der Waals surface area contributed by atoms with Crippen LogP contribution in [0.1, 0.15) is 10.5 Å². The SMILES string of the molecule is NCC(=O)c1ccc2c3ccccc3ccn12. The van der Waals surface area contributed by atoms with Crippen molar-refractivity contribution in [2.45, 2.75) is 0 Å². The lowest BCUT2D eigenvalue weighted by atomic mass is 10.1. The van der Waals surface area contributed by atoms with Crippen molar-refractivity contribution >= 4 is 22.1 Å². The molecule has 0 bridgehead atoms. The minimum atomic E-state index is -0.0414. The van der Waals surface area contributed by atoms with E-state index >= 15 is 0 Å². The van der Waals surface area contributed by atoms with Crippen molar-refractivity contribution < 1.29 is 4.79 Å². The standard InChI is InChI=1S/C14H12N2O/c15-9-14(17)13-6-5-12-11-4-2-1-3-10(11)7-8-16(12)13/h1-8H,9,15H2. The molecule has 1 aromatic carbocycles. The summed E-state index contributed by atoms with van der Waals surface area (Å²) < 4.78 is 1.90. The van der Waals surface area contributed by atoms with Crippen molar-refractivity contribution in [2.24, 2.45) is 5.73 Å². The number of nitrogens with two attached hydrogens (primary N) is 1. The molecule has 0 atom stereocenters. The summed E-state index contributed by atoms with van der Waals surface area (Å²) in [5, 5.41) is 2.32. The maximum absolute atomic E-state index is 11.7. The second-order valence-corrected chi connectivity index (χ2v) is 4.00. The summed E-state index contributed by atoms with van der Waals surface area (Å²) in [7, 11) is 0. The highest BCUT2D eigenvalue weighted by molar-refractivity contribution is 6.01. The number of benzene rings is 1. The van der Waals surface area contributed by atoms with Crippen LogP contribution >= 0.6 is 0 Å². The van der Waals surface area contributed by atoms with Gasteiger partial charge in [0.2, 0.25) is 0 Å². The first kappa shape index (κ1) is 10.1. The van der Waals surface area contributed by atoms with Gasteiger partial charge in [0.25, 0.3) is 0 Å². The predicted octanol–water partition coefficient (Wildman–Crippen LogP) is 2.23. The number of fused-ring (bicyclic) bond motifs is 3. The van der Waals surface area contributed by atoms with Crippen LogP contribution in [-0.4, -0.2) is 16.7 Å². The molecule has 3 heteroatoms. The molecule has 2 N–H and O–H groups in total. The molecule has 0 unspecified atom stereocenters. The summed E-state index contributed by atoms with van der Waals surface area (Å²) in [6.45, 7) is 0.0406. The first-order chi connectivity index (χ1) is 8.31. The van der Waals surface area contributed by atoms with Crippen LogP contribution in [0.2, 0.25) is 0 Å². The number of hydrogen-bond acceptors (Lipinski definition) is 2. The summed E-state index contributed by atoms with van der Waals surface area (Å²) in [5.41, 5.74) is 7.09. The molecule has 3 aromatic rings. The topological polar surface area (TPSA) is 47.5 Å². The molecule has 0 saturated heterocycles. The third-order valence-corrected chi connectivity index (χ3v) is 3.03.